The molecule has 0 N–H and O–H groups in total. The average Bonchev–Trinajstić information content (AvgIpc) is 2.17. The summed E-state index contributed by atoms with van der Waals surface area (Å²) >= 11 is 6.15. The van der Waals surface area contributed by atoms with E-state index in [4.69, 9.17) is 17.1 Å². The van der Waals surface area contributed by atoms with E-state index in [0.717, 1.165) is 12.0 Å². The van der Waals surface area contributed by atoms with Crippen LogP contribution in [0.1, 0.15) is 31.9 Å². The van der Waals surface area contributed by atoms with E-state index in [1.807, 2.05) is 32.0 Å². The smallest absolute Gasteiger partial charge is 0.0696 e. The molecule has 0 atom stereocenters. The molecule has 0 saturated carbocycles. The molecule has 0 spiro atoms. The molecule has 0 radical (unpaired) electrons. The van der Waals surface area contributed by atoms with Crippen LogP contribution in [0.3, 0.4) is 0 Å². The summed E-state index contributed by atoms with van der Waals surface area (Å²) < 4.78 is 0. The fraction of sp³-hybridized carbons (Fsp3) is 0.455. The number of rotatable bonds is 3. The van der Waals surface area contributed by atoms with E-state index in [1.54, 1.807) is 0 Å². The molecule has 4 heteroatoms. The molecular weight excluding hydrogens is 210 g/mol. The van der Waals surface area contributed by atoms with E-state index in [1.165, 1.54) is 5.56 Å². The van der Waals surface area contributed by atoms with Gasteiger partial charge < -0.3 is 0 Å². The van der Waals surface area contributed by atoms with Crippen molar-refractivity contribution in [2.24, 2.45) is 5.11 Å². The highest BCUT2D eigenvalue weighted by Gasteiger charge is 2.21. The van der Waals surface area contributed by atoms with Gasteiger partial charge in [-0.1, -0.05) is 49.6 Å². The van der Waals surface area contributed by atoms with Crippen LogP contribution in [0.5, 0.6) is 0 Å². The summed E-state index contributed by atoms with van der Waals surface area (Å²) in [7, 11) is 0. The number of hydrogen-bond acceptors (Lipinski definition) is 1. The standard InChI is InChI=1S/C11H14ClN3/c1-4-8-5-6-9(10(12)7-8)11(2,3)14-15-13/h5-7H,4H2,1-3H3. The number of halogens is 1. The zero-order valence-electron chi connectivity index (χ0n) is 9.16. The molecule has 1 aromatic rings. The van der Waals surface area contributed by atoms with Gasteiger partial charge in [-0.05, 0) is 29.1 Å². The number of azide groups is 1. The van der Waals surface area contributed by atoms with E-state index >= 15 is 0 Å². The molecule has 1 aromatic carbocycles. The van der Waals surface area contributed by atoms with Gasteiger partial charge in [-0.2, -0.15) is 0 Å². The lowest BCUT2D eigenvalue weighted by atomic mass is 9.94. The quantitative estimate of drug-likeness (QED) is 0.413. The average molecular weight is 224 g/mol. The minimum Gasteiger partial charge on any atom is -0.0840 e. The third-order valence-electron chi connectivity index (χ3n) is 2.40. The maximum atomic E-state index is 8.47. The molecule has 80 valence electrons. The summed E-state index contributed by atoms with van der Waals surface area (Å²) in [4.78, 5) is 2.83. The van der Waals surface area contributed by atoms with Crippen molar-refractivity contribution >= 4 is 11.6 Å². The van der Waals surface area contributed by atoms with Crippen molar-refractivity contribution < 1.29 is 0 Å². The molecule has 0 aliphatic rings. The van der Waals surface area contributed by atoms with E-state index in [0.29, 0.717) is 5.02 Å². The van der Waals surface area contributed by atoms with Crippen LogP contribution in [0.15, 0.2) is 23.3 Å². The van der Waals surface area contributed by atoms with E-state index in [2.05, 4.69) is 16.9 Å². The van der Waals surface area contributed by atoms with Crippen LogP contribution in [0.2, 0.25) is 5.02 Å². The van der Waals surface area contributed by atoms with Gasteiger partial charge in [0.05, 0.1) is 5.54 Å². The highest BCUT2D eigenvalue weighted by Crippen LogP contribution is 2.31. The molecule has 0 amide bonds. The van der Waals surface area contributed by atoms with Crippen LogP contribution in [-0.4, -0.2) is 0 Å². The molecule has 0 bridgehead atoms. The first kappa shape index (κ1) is 11.9. The number of hydrogen-bond donors (Lipinski definition) is 0. The van der Waals surface area contributed by atoms with Gasteiger partial charge in [-0.3, -0.25) is 0 Å². The Morgan fingerprint density at radius 3 is 2.60 bits per heavy atom. The van der Waals surface area contributed by atoms with Gasteiger partial charge in [0.1, 0.15) is 0 Å². The molecule has 15 heavy (non-hydrogen) atoms. The van der Waals surface area contributed by atoms with Crippen LogP contribution in [0.25, 0.3) is 10.4 Å². The van der Waals surface area contributed by atoms with Crippen LogP contribution in [0.4, 0.5) is 0 Å². The summed E-state index contributed by atoms with van der Waals surface area (Å²) in [5, 5.41) is 4.40. The van der Waals surface area contributed by atoms with Crippen LogP contribution >= 0.6 is 11.6 Å². The third-order valence-corrected chi connectivity index (χ3v) is 2.71. The number of aryl methyl sites for hydroxylation is 1. The molecule has 1 rings (SSSR count). The van der Waals surface area contributed by atoms with Crippen LogP contribution in [0, 0.1) is 0 Å². The van der Waals surface area contributed by atoms with Gasteiger partial charge in [0.15, 0.2) is 0 Å². The Bertz CT molecular complexity index is 406. The Labute approximate surface area is 94.7 Å². The molecule has 0 aromatic heterocycles. The minimum atomic E-state index is -0.599. The number of nitrogens with zero attached hydrogens (tertiary/aromatic N) is 3. The molecule has 0 aliphatic heterocycles. The van der Waals surface area contributed by atoms with E-state index in [-0.39, 0.29) is 0 Å². The normalized spacial score (nSPS) is 10.9. The summed E-state index contributed by atoms with van der Waals surface area (Å²) in [6.07, 6.45) is 0.946. The SMILES string of the molecule is CCc1ccc(C(C)(C)N=[N+]=[N-])c(Cl)c1. The Morgan fingerprint density at radius 2 is 2.13 bits per heavy atom. The maximum absolute atomic E-state index is 8.47. The lowest BCUT2D eigenvalue weighted by Gasteiger charge is -2.20. The zero-order chi connectivity index (χ0) is 11.5. The third kappa shape index (κ3) is 2.65. The van der Waals surface area contributed by atoms with Gasteiger partial charge in [0.25, 0.3) is 0 Å². The predicted molar refractivity (Wildman–Crippen MR) is 63.0 cm³/mol. The Hall–Kier alpha value is -1.18. The lowest BCUT2D eigenvalue weighted by molar-refractivity contribution is 0.550. The minimum absolute atomic E-state index is 0.599. The Kier molecular flexibility index (Phi) is 3.61. The van der Waals surface area contributed by atoms with Crippen molar-refractivity contribution in [3.8, 4) is 0 Å². The van der Waals surface area contributed by atoms with Crippen molar-refractivity contribution in [3.63, 3.8) is 0 Å². The summed E-state index contributed by atoms with van der Waals surface area (Å²) in [5.41, 5.74) is 9.91. The second-order valence-electron chi connectivity index (χ2n) is 3.92. The molecule has 0 fully saturated rings. The van der Waals surface area contributed by atoms with Gasteiger partial charge in [0.2, 0.25) is 0 Å². The van der Waals surface area contributed by atoms with Gasteiger partial charge in [-0.15, -0.1) is 0 Å². The van der Waals surface area contributed by atoms with E-state index in [9.17, 15) is 0 Å². The first-order valence-electron chi connectivity index (χ1n) is 4.86. The largest absolute Gasteiger partial charge is 0.0840 e. The topological polar surface area (TPSA) is 48.8 Å². The predicted octanol–water partition coefficient (Wildman–Crippen LogP) is 4.45. The van der Waals surface area contributed by atoms with Crippen molar-refractivity contribution in [3.05, 3.63) is 44.8 Å². The molecule has 0 heterocycles. The second kappa shape index (κ2) is 4.56. The van der Waals surface area contributed by atoms with Gasteiger partial charge in [0, 0.05) is 9.93 Å². The van der Waals surface area contributed by atoms with Crippen LogP contribution in [-0.2, 0) is 12.0 Å². The molecule has 0 aliphatic carbocycles. The fourth-order valence-electron chi connectivity index (χ4n) is 1.44. The Morgan fingerprint density at radius 1 is 1.47 bits per heavy atom. The van der Waals surface area contributed by atoms with Crippen molar-refractivity contribution in [2.45, 2.75) is 32.7 Å². The van der Waals surface area contributed by atoms with E-state index < -0.39 is 5.54 Å². The lowest BCUT2D eigenvalue weighted by Crippen LogP contribution is -2.13. The van der Waals surface area contributed by atoms with Crippen molar-refractivity contribution in [1.29, 1.82) is 0 Å². The van der Waals surface area contributed by atoms with Gasteiger partial charge in [-0.25, -0.2) is 0 Å². The summed E-state index contributed by atoms with van der Waals surface area (Å²) in [6, 6.07) is 5.86. The fourth-order valence-corrected chi connectivity index (χ4v) is 1.87. The zero-order valence-corrected chi connectivity index (χ0v) is 9.91. The maximum Gasteiger partial charge on any atom is 0.0696 e. The van der Waals surface area contributed by atoms with Gasteiger partial charge >= 0.3 is 0 Å². The van der Waals surface area contributed by atoms with Crippen LogP contribution < -0.4 is 0 Å². The molecular formula is C11H14ClN3. The Balaban J connectivity index is 3.21. The molecule has 0 unspecified atom stereocenters. The first-order chi connectivity index (χ1) is 7.01. The summed E-state index contributed by atoms with van der Waals surface area (Å²) in [6.45, 7) is 5.77. The number of benzene rings is 1. The molecule has 3 nitrogen and oxygen atoms in total. The first-order valence-corrected chi connectivity index (χ1v) is 5.24. The van der Waals surface area contributed by atoms with Crippen molar-refractivity contribution in [2.75, 3.05) is 0 Å². The summed E-state index contributed by atoms with van der Waals surface area (Å²) in [5.74, 6) is 0. The van der Waals surface area contributed by atoms with Crippen molar-refractivity contribution in [1.82, 2.24) is 0 Å². The highest BCUT2D eigenvalue weighted by atomic mass is 35.5. The second-order valence-corrected chi connectivity index (χ2v) is 4.32. The molecule has 0 saturated heterocycles. The highest BCUT2D eigenvalue weighted by molar-refractivity contribution is 6.31. The monoisotopic (exact) mass is 223 g/mol.